The maximum Gasteiger partial charge on any atom is 0.306 e. The Morgan fingerprint density at radius 3 is 2.03 bits per heavy atom. The Labute approximate surface area is 208 Å². The van der Waals surface area contributed by atoms with Crippen LogP contribution in [0.3, 0.4) is 0 Å². The average Bonchev–Trinajstić information content (AvgIpc) is 2.86. The van der Waals surface area contributed by atoms with Crippen molar-refractivity contribution in [3.8, 4) is 16.9 Å². The van der Waals surface area contributed by atoms with Gasteiger partial charge in [-0.2, -0.15) is 0 Å². The molecular weight excluding hydrogens is 420 g/mol. The standard InChI is InChI=1S/C31H46O3/c1-5-7-8-9-10-13-24-33-30-22-20-29(21-23-30)28-18-16-27(17-19-28)26(4)34-31(32)15-12-11-14-25(3)6-2/h16-23,25-26H,5-15,24H2,1-4H3. The normalized spacial score (nSPS) is 12.8. The Morgan fingerprint density at radius 2 is 1.38 bits per heavy atom. The van der Waals surface area contributed by atoms with Crippen LogP contribution in [0.5, 0.6) is 5.75 Å². The molecule has 2 unspecified atom stereocenters. The van der Waals surface area contributed by atoms with E-state index in [1.54, 1.807) is 0 Å². The fourth-order valence-corrected chi connectivity index (χ4v) is 4.05. The molecule has 0 heterocycles. The van der Waals surface area contributed by atoms with E-state index in [0.29, 0.717) is 6.42 Å². The number of rotatable bonds is 17. The first kappa shape index (κ1) is 28.0. The van der Waals surface area contributed by atoms with E-state index in [0.717, 1.165) is 54.2 Å². The predicted octanol–water partition coefficient (Wildman–Crippen LogP) is 9.30. The monoisotopic (exact) mass is 466 g/mol. The van der Waals surface area contributed by atoms with Gasteiger partial charge in [-0.05, 0) is 54.5 Å². The first-order valence-electron chi connectivity index (χ1n) is 13.6. The third kappa shape index (κ3) is 10.8. The molecule has 0 aliphatic rings. The largest absolute Gasteiger partial charge is 0.494 e. The molecule has 3 nitrogen and oxygen atoms in total. The summed E-state index contributed by atoms with van der Waals surface area (Å²) in [6, 6.07) is 16.6. The highest BCUT2D eigenvalue weighted by atomic mass is 16.5. The van der Waals surface area contributed by atoms with Crippen molar-refractivity contribution in [2.75, 3.05) is 6.61 Å². The van der Waals surface area contributed by atoms with Crippen LogP contribution in [0, 0.1) is 5.92 Å². The van der Waals surface area contributed by atoms with Gasteiger partial charge in [-0.1, -0.05) is 109 Å². The van der Waals surface area contributed by atoms with Crippen LogP contribution in [0.4, 0.5) is 0 Å². The summed E-state index contributed by atoms with van der Waals surface area (Å²) in [6.07, 6.45) is 12.3. The molecule has 188 valence electrons. The Morgan fingerprint density at radius 1 is 0.765 bits per heavy atom. The van der Waals surface area contributed by atoms with Crippen LogP contribution in [0.1, 0.15) is 110 Å². The molecule has 0 saturated heterocycles. The van der Waals surface area contributed by atoms with Crippen LogP contribution in [-0.2, 0) is 9.53 Å². The lowest BCUT2D eigenvalue weighted by atomic mass is 10.0. The summed E-state index contributed by atoms with van der Waals surface area (Å²) in [6.45, 7) is 9.46. The molecule has 0 spiro atoms. The Balaban J connectivity index is 1.74. The highest BCUT2D eigenvalue weighted by molar-refractivity contribution is 5.70. The van der Waals surface area contributed by atoms with Gasteiger partial charge in [0.15, 0.2) is 0 Å². The molecule has 0 aliphatic carbocycles. The average molecular weight is 467 g/mol. The quantitative estimate of drug-likeness (QED) is 0.172. The number of esters is 1. The third-order valence-corrected chi connectivity index (χ3v) is 6.67. The highest BCUT2D eigenvalue weighted by Crippen LogP contribution is 2.26. The number of unbranched alkanes of at least 4 members (excludes halogenated alkanes) is 6. The molecule has 0 saturated carbocycles. The molecule has 0 aliphatic heterocycles. The Kier molecular flexibility index (Phi) is 13.4. The minimum atomic E-state index is -0.228. The van der Waals surface area contributed by atoms with Crippen LogP contribution in [0.2, 0.25) is 0 Å². The zero-order chi connectivity index (χ0) is 24.6. The molecular formula is C31H46O3. The maximum absolute atomic E-state index is 12.2. The van der Waals surface area contributed by atoms with Crippen molar-refractivity contribution in [3.05, 3.63) is 54.1 Å². The second-order valence-corrected chi connectivity index (χ2v) is 9.65. The SMILES string of the molecule is CCCCCCCCOc1ccc(-c2ccc(C(C)OC(=O)CCCCC(C)CC)cc2)cc1. The van der Waals surface area contributed by atoms with Crippen molar-refractivity contribution in [2.24, 2.45) is 5.92 Å². The van der Waals surface area contributed by atoms with E-state index < -0.39 is 0 Å². The first-order chi connectivity index (χ1) is 16.5. The van der Waals surface area contributed by atoms with Crippen LogP contribution >= 0.6 is 0 Å². The summed E-state index contributed by atoms with van der Waals surface area (Å²) in [7, 11) is 0. The molecule has 0 fully saturated rings. The van der Waals surface area contributed by atoms with E-state index in [1.165, 1.54) is 44.9 Å². The predicted molar refractivity (Wildman–Crippen MR) is 143 cm³/mol. The van der Waals surface area contributed by atoms with Crippen LogP contribution in [0.25, 0.3) is 11.1 Å². The second kappa shape index (κ2) is 16.4. The van der Waals surface area contributed by atoms with Crippen molar-refractivity contribution < 1.29 is 14.3 Å². The van der Waals surface area contributed by atoms with Gasteiger partial charge in [0.1, 0.15) is 11.9 Å². The fourth-order valence-electron chi connectivity index (χ4n) is 4.05. The highest BCUT2D eigenvalue weighted by Gasteiger charge is 2.12. The van der Waals surface area contributed by atoms with Crippen molar-refractivity contribution in [3.63, 3.8) is 0 Å². The zero-order valence-electron chi connectivity index (χ0n) is 22.0. The molecule has 34 heavy (non-hydrogen) atoms. The van der Waals surface area contributed by atoms with Crippen molar-refractivity contribution in [1.82, 2.24) is 0 Å². The third-order valence-electron chi connectivity index (χ3n) is 6.67. The van der Waals surface area contributed by atoms with Crippen molar-refractivity contribution >= 4 is 5.97 Å². The first-order valence-corrected chi connectivity index (χ1v) is 13.6. The summed E-state index contributed by atoms with van der Waals surface area (Å²) in [4.78, 5) is 12.2. The Bertz CT molecular complexity index is 794. The number of ether oxygens (including phenoxy) is 2. The molecule has 3 heteroatoms. The summed E-state index contributed by atoms with van der Waals surface area (Å²) < 4.78 is 11.5. The van der Waals surface area contributed by atoms with Gasteiger partial charge in [0, 0.05) is 6.42 Å². The second-order valence-electron chi connectivity index (χ2n) is 9.65. The number of hydrogen-bond acceptors (Lipinski definition) is 3. The lowest BCUT2D eigenvalue weighted by Gasteiger charge is -2.15. The lowest BCUT2D eigenvalue weighted by molar-refractivity contribution is -0.148. The number of carbonyl (C=O) groups excluding carboxylic acids is 1. The van der Waals surface area contributed by atoms with Gasteiger partial charge < -0.3 is 9.47 Å². The topological polar surface area (TPSA) is 35.5 Å². The fraction of sp³-hybridized carbons (Fsp3) is 0.581. The minimum absolute atomic E-state index is 0.0997. The van der Waals surface area contributed by atoms with Gasteiger partial charge >= 0.3 is 5.97 Å². The van der Waals surface area contributed by atoms with Crippen molar-refractivity contribution in [2.45, 2.75) is 104 Å². The lowest BCUT2D eigenvalue weighted by Crippen LogP contribution is -2.08. The van der Waals surface area contributed by atoms with E-state index in [-0.39, 0.29) is 12.1 Å². The smallest absolute Gasteiger partial charge is 0.306 e. The van der Waals surface area contributed by atoms with Crippen LogP contribution < -0.4 is 4.74 Å². The Hall–Kier alpha value is -2.29. The van der Waals surface area contributed by atoms with Gasteiger partial charge in [0.25, 0.3) is 0 Å². The van der Waals surface area contributed by atoms with Crippen molar-refractivity contribution in [1.29, 1.82) is 0 Å². The molecule has 0 radical (unpaired) electrons. The molecule has 0 N–H and O–H groups in total. The molecule has 0 bridgehead atoms. The summed E-state index contributed by atoms with van der Waals surface area (Å²) in [5.74, 6) is 1.57. The zero-order valence-corrected chi connectivity index (χ0v) is 22.0. The molecule has 2 aromatic rings. The molecule has 2 atom stereocenters. The van der Waals surface area contributed by atoms with Gasteiger partial charge in [-0.15, -0.1) is 0 Å². The van der Waals surface area contributed by atoms with Crippen LogP contribution in [0.15, 0.2) is 48.5 Å². The number of benzene rings is 2. The van der Waals surface area contributed by atoms with E-state index in [2.05, 4.69) is 57.2 Å². The summed E-state index contributed by atoms with van der Waals surface area (Å²) >= 11 is 0. The number of hydrogen-bond donors (Lipinski definition) is 0. The van der Waals surface area contributed by atoms with E-state index in [1.807, 2.05) is 19.1 Å². The van der Waals surface area contributed by atoms with E-state index in [4.69, 9.17) is 9.47 Å². The van der Waals surface area contributed by atoms with Gasteiger partial charge in [0.05, 0.1) is 6.61 Å². The molecule has 2 aromatic carbocycles. The molecule has 2 rings (SSSR count). The summed E-state index contributed by atoms with van der Waals surface area (Å²) in [5.41, 5.74) is 3.33. The maximum atomic E-state index is 12.2. The van der Waals surface area contributed by atoms with E-state index >= 15 is 0 Å². The van der Waals surface area contributed by atoms with Gasteiger partial charge in [-0.25, -0.2) is 0 Å². The van der Waals surface area contributed by atoms with Gasteiger partial charge in [0.2, 0.25) is 0 Å². The van der Waals surface area contributed by atoms with E-state index in [9.17, 15) is 4.79 Å². The molecule has 0 amide bonds. The summed E-state index contributed by atoms with van der Waals surface area (Å²) in [5, 5.41) is 0. The van der Waals surface area contributed by atoms with Gasteiger partial charge in [-0.3, -0.25) is 4.79 Å². The molecule has 0 aromatic heterocycles. The minimum Gasteiger partial charge on any atom is -0.494 e. The number of carbonyl (C=O) groups is 1. The van der Waals surface area contributed by atoms with Crippen LogP contribution in [-0.4, -0.2) is 12.6 Å².